The van der Waals surface area contributed by atoms with Crippen LogP contribution in [0.25, 0.3) is 11.3 Å². The monoisotopic (exact) mass is 389 g/mol. The van der Waals surface area contributed by atoms with Crippen molar-refractivity contribution in [3.63, 3.8) is 0 Å². The number of ether oxygens (including phenoxy) is 1. The summed E-state index contributed by atoms with van der Waals surface area (Å²) in [5, 5.41) is 2.13. The van der Waals surface area contributed by atoms with Crippen LogP contribution in [0.1, 0.15) is 0 Å². The van der Waals surface area contributed by atoms with E-state index in [-0.39, 0.29) is 0 Å². The van der Waals surface area contributed by atoms with Gasteiger partial charge >= 0.3 is 0 Å². The minimum Gasteiger partial charge on any atom is -0.383 e. The molecular weight excluding hydrogens is 374 g/mol. The molecule has 0 aliphatic rings. The maximum Gasteiger partial charge on any atom is 0.190 e. The first-order chi connectivity index (χ1) is 11.3. The minimum absolute atomic E-state index is 0.639. The van der Waals surface area contributed by atoms with Gasteiger partial charge in [-0.3, -0.25) is 4.98 Å². The number of rotatable bonds is 5. The van der Waals surface area contributed by atoms with Crippen LogP contribution in [-0.2, 0) is 11.3 Å². The molecule has 0 aliphatic heterocycles. The number of hydrogen-bond donors (Lipinski definition) is 0. The van der Waals surface area contributed by atoms with Gasteiger partial charge in [-0.25, -0.2) is 4.99 Å². The number of halogens is 1. The Morgan fingerprint density at radius 1 is 1.26 bits per heavy atom. The Kier molecular flexibility index (Phi) is 5.38. The van der Waals surface area contributed by atoms with E-state index in [9.17, 15) is 0 Å². The van der Waals surface area contributed by atoms with Gasteiger partial charge in [-0.15, -0.1) is 11.3 Å². The molecule has 0 unspecified atom stereocenters. The first-order valence-electron chi connectivity index (χ1n) is 7.16. The topological polar surface area (TPSA) is 39.4 Å². The maximum atomic E-state index is 5.25. The average Bonchev–Trinajstić information content (AvgIpc) is 2.97. The number of aromatic nitrogens is 2. The molecule has 0 radical (unpaired) electrons. The molecule has 1 aromatic carbocycles. The summed E-state index contributed by atoms with van der Waals surface area (Å²) < 4.78 is 8.51. The van der Waals surface area contributed by atoms with Gasteiger partial charge < -0.3 is 9.30 Å². The predicted molar refractivity (Wildman–Crippen MR) is 96.8 cm³/mol. The molecule has 2 heterocycles. The highest BCUT2D eigenvalue weighted by Crippen LogP contribution is 2.23. The molecule has 0 bridgehead atoms. The van der Waals surface area contributed by atoms with Gasteiger partial charge in [0.05, 0.1) is 24.2 Å². The van der Waals surface area contributed by atoms with Crippen molar-refractivity contribution in [2.24, 2.45) is 4.99 Å². The van der Waals surface area contributed by atoms with E-state index < -0.39 is 0 Å². The van der Waals surface area contributed by atoms with Crippen LogP contribution in [0.3, 0.4) is 0 Å². The Hall–Kier alpha value is -1.76. The summed E-state index contributed by atoms with van der Waals surface area (Å²) in [5.74, 6) is 0. The third-order valence-corrected chi connectivity index (χ3v) is 4.72. The van der Waals surface area contributed by atoms with Crippen molar-refractivity contribution >= 4 is 33.0 Å². The lowest BCUT2D eigenvalue weighted by atomic mass is 10.2. The van der Waals surface area contributed by atoms with E-state index in [0.29, 0.717) is 6.61 Å². The molecule has 4 nitrogen and oxygen atoms in total. The first-order valence-corrected chi connectivity index (χ1v) is 8.83. The van der Waals surface area contributed by atoms with Crippen LogP contribution < -0.4 is 4.80 Å². The second-order valence-electron chi connectivity index (χ2n) is 4.88. The summed E-state index contributed by atoms with van der Waals surface area (Å²) in [5.41, 5.74) is 3.15. The van der Waals surface area contributed by atoms with E-state index in [0.717, 1.165) is 32.8 Å². The van der Waals surface area contributed by atoms with Gasteiger partial charge in [0.1, 0.15) is 0 Å². The SMILES string of the molecule is COCCn1c(-c2ccc(Br)cc2)csc1=Nc1cccnc1. The summed E-state index contributed by atoms with van der Waals surface area (Å²) >= 11 is 5.10. The summed E-state index contributed by atoms with van der Waals surface area (Å²) in [6.07, 6.45) is 3.51. The fourth-order valence-corrected chi connectivity index (χ4v) is 3.42. The zero-order chi connectivity index (χ0) is 16.1. The molecule has 0 amide bonds. The normalized spacial score (nSPS) is 11.8. The molecule has 0 atom stereocenters. The van der Waals surface area contributed by atoms with Gasteiger partial charge in [-0.05, 0) is 29.8 Å². The van der Waals surface area contributed by atoms with Gasteiger partial charge in [0.25, 0.3) is 0 Å². The van der Waals surface area contributed by atoms with Gasteiger partial charge in [0.15, 0.2) is 4.80 Å². The molecule has 23 heavy (non-hydrogen) atoms. The van der Waals surface area contributed by atoms with Crippen molar-refractivity contribution < 1.29 is 4.74 Å². The standard InChI is InChI=1S/C17H16BrN3OS/c1-22-10-9-21-16(13-4-6-14(18)7-5-13)12-23-17(21)20-15-3-2-8-19-11-15/h2-8,11-12H,9-10H2,1H3. The smallest absolute Gasteiger partial charge is 0.190 e. The molecular formula is C17H16BrN3OS. The molecule has 2 aromatic heterocycles. The molecule has 3 rings (SSSR count). The molecule has 0 aliphatic carbocycles. The van der Waals surface area contributed by atoms with E-state index in [1.54, 1.807) is 30.8 Å². The third-order valence-electron chi connectivity index (χ3n) is 3.33. The van der Waals surface area contributed by atoms with Crippen LogP contribution >= 0.6 is 27.3 Å². The summed E-state index contributed by atoms with van der Waals surface area (Å²) in [4.78, 5) is 9.77. The highest BCUT2D eigenvalue weighted by atomic mass is 79.9. The Morgan fingerprint density at radius 2 is 2.09 bits per heavy atom. The zero-order valence-electron chi connectivity index (χ0n) is 12.6. The fraction of sp³-hybridized carbons (Fsp3) is 0.176. The van der Waals surface area contributed by atoms with Gasteiger partial charge in [-0.1, -0.05) is 28.1 Å². The fourth-order valence-electron chi connectivity index (χ4n) is 2.20. The molecule has 118 valence electrons. The van der Waals surface area contributed by atoms with Crippen LogP contribution in [0.2, 0.25) is 0 Å². The van der Waals surface area contributed by atoms with Crippen LogP contribution in [0.5, 0.6) is 0 Å². The first kappa shape index (κ1) is 16.1. The van der Waals surface area contributed by atoms with Crippen molar-refractivity contribution in [3.05, 3.63) is 63.4 Å². The highest BCUT2D eigenvalue weighted by molar-refractivity contribution is 9.10. The van der Waals surface area contributed by atoms with Crippen molar-refractivity contribution in [3.8, 4) is 11.3 Å². The summed E-state index contributed by atoms with van der Waals surface area (Å²) in [6.45, 7) is 1.39. The maximum absolute atomic E-state index is 5.25. The molecule has 0 spiro atoms. The summed E-state index contributed by atoms with van der Waals surface area (Å²) in [7, 11) is 1.71. The molecule has 3 aromatic rings. The lowest BCUT2D eigenvalue weighted by Gasteiger charge is -2.08. The Labute approximate surface area is 147 Å². The lowest BCUT2D eigenvalue weighted by molar-refractivity contribution is 0.187. The number of nitrogens with zero attached hydrogens (tertiary/aromatic N) is 3. The Bertz CT molecular complexity index is 825. The van der Waals surface area contributed by atoms with Crippen molar-refractivity contribution in [1.29, 1.82) is 0 Å². The molecule has 0 fully saturated rings. The lowest BCUT2D eigenvalue weighted by Crippen LogP contribution is -2.18. The van der Waals surface area contributed by atoms with Crippen molar-refractivity contribution in [1.82, 2.24) is 9.55 Å². The van der Waals surface area contributed by atoms with Gasteiger partial charge in [-0.2, -0.15) is 0 Å². The Morgan fingerprint density at radius 3 is 2.78 bits per heavy atom. The predicted octanol–water partition coefficient (Wildman–Crippen LogP) is 4.25. The number of pyridine rings is 1. The van der Waals surface area contributed by atoms with Gasteiger partial charge in [0.2, 0.25) is 0 Å². The third kappa shape index (κ3) is 3.96. The highest BCUT2D eigenvalue weighted by Gasteiger charge is 2.08. The second kappa shape index (κ2) is 7.68. The average molecular weight is 390 g/mol. The van der Waals surface area contributed by atoms with Crippen molar-refractivity contribution in [2.75, 3.05) is 13.7 Å². The van der Waals surface area contributed by atoms with Crippen LogP contribution in [0.15, 0.2) is 63.6 Å². The van der Waals surface area contributed by atoms with E-state index in [1.807, 2.05) is 24.3 Å². The molecule has 0 saturated carbocycles. The number of methoxy groups -OCH3 is 1. The van der Waals surface area contributed by atoms with E-state index in [1.165, 1.54) is 0 Å². The van der Waals surface area contributed by atoms with Crippen LogP contribution in [0.4, 0.5) is 5.69 Å². The number of benzene rings is 1. The number of hydrogen-bond acceptors (Lipinski definition) is 4. The second-order valence-corrected chi connectivity index (χ2v) is 6.63. The summed E-state index contributed by atoms with van der Waals surface area (Å²) in [6, 6.07) is 12.1. The molecule has 0 N–H and O–H groups in total. The zero-order valence-corrected chi connectivity index (χ0v) is 15.0. The van der Waals surface area contributed by atoms with Gasteiger partial charge in [0, 0.05) is 29.7 Å². The van der Waals surface area contributed by atoms with E-state index in [2.05, 4.69) is 43.0 Å². The molecule has 6 heteroatoms. The number of thiazole rings is 1. The van der Waals surface area contributed by atoms with Crippen LogP contribution in [-0.4, -0.2) is 23.3 Å². The largest absolute Gasteiger partial charge is 0.383 e. The van der Waals surface area contributed by atoms with E-state index >= 15 is 0 Å². The van der Waals surface area contributed by atoms with E-state index in [4.69, 9.17) is 9.73 Å². The van der Waals surface area contributed by atoms with Crippen LogP contribution in [0, 0.1) is 0 Å². The minimum atomic E-state index is 0.639. The molecule has 0 saturated heterocycles. The van der Waals surface area contributed by atoms with Crippen molar-refractivity contribution in [2.45, 2.75) is 6.54 Å². The Balaban J connectivity index is 2.07. The quantitative estimate of drug-likeness (QED) is 0.653.